The molecule has 0 atom stereocenters. The van der Waals surface area contributed by atoms with Crippen LogP contribution in [0.25, 0.3) is 66.8 Å². The van der Waals surface area contributed by atoms with E-state index in [0.717, 1.165) is 17.1 Å². The van der Waals surface area contributed by atoms with Crippen molar-refractivity contribution in [3.05, 3.63) is 269 Å². The Morgan fingerprint density at radius 2 is 0.691 bits per heavy atom. The minimum absolute atomic E-state index is 0.0537. The third-order valence-corrected chi connectivity index (χ3v) is 16.3. The molecule has 322 valence electrons. The lowest BCUT2D eigenvalue weighted by Crippen LogP contribution is -2.26. The van der Waals surface area contributed by atoms with Crippen LogP contribution >= 0.6 is 0 Å². The zero-order valence-electron chi connectivity index (χ0n) is 38.8. The van der Waals surface area contributed by atoms with E-state index >= 15 is 0 Å². The molecule has 0 radical (unpaired) electrons. The minimum Gasteiger partial charge on any atom is -0.309 e. The maximum atomic E-state index is 2.58. The van der Waals surface area contributed by atoms with E-state index in [-0.39, 0.29) is 10.8 Å². The predicted octanol–water partition coefficient (Wildman–Crippen LogP) is 17.4. The monoisotopic (exact) mass is 867 g/mol. The summed E-state index contributed by atoms with van der Waals surface area (Å²) in [5.74, 6) is 0. The van der Waals surface area contributed by atoms with Gasteiger partial charge in [-0.25, -0.2) is 0 Å². The van der Waals surface area contributed by atoms with Crippen LogP contribution in [-0.4, -0.2) is 0 Å². The number of hydrogen-bond donors (Lipinski definition) is 0. The first-order chi connectivity index (χ1) is 33.3. The van der Waals surface area contributed by atoms with Crippen molar-refractivity contribution in [3.8, 4) is 66.8 Å². The Morgan fingerprint density at radius 3 is 1.38 bits per heavy atom. The number of anilines is 3. The van der Waals surface area contributed by atoms with E-state index in [4.69, 9.17) is 0 Å². The number of nitrogens with zero attached hydrogens (tertiary/aromatic N) is 1. The summed E-state index contributed by atoms with van der Waals surface area (Å²) in [6.45, 7) is 9.48. The van der Waals surface area contributed by atoms with Crippen LogP contribution in [0.5, 0.6) is 0 Å². The highest BCUT2D eigenvalue weighted by atomic mass is 15.1. The quantitative estimate of drug-likeness (QED) is 0.167. The fourth-order valence-corrected chi connectivity index (χ4v) is 13.3. The fourth-order valence-electron chi connectivity index (χ4n) is 13.3. The molecule has 0 bridgehead atoms. The molecule has 68 heavy (non-hydrogen) atoms. The van der Waals surface area contributed by atoms with E-state index in [2.05, 4.69) is 257 Å². The average Bonchev–Trinajstić information content (AvgIpc) is 4.02. The molecule has 14 rings (SSSR count). The Hall–Kier alpha value is -8.00. The number of benzene rings is 10. The molecule has 4 aliphatic carbocycles. The van der Waals surface area contributed by atoms with Crippen molar-refractivity contribution in [2.45, 2.75) is 43.9 Å². The first kappa shape index (κ1) is 39.2. The minimum atomic E-state index is -0.466. The molecule has 10 aromatic rings. The normalized spacial score (nSPS) is 15.1. The van der Waals surface area contributed by atoms with Gasteiger partial charge in [0.05, 0.1) is 16.8 Å². The molecule has 0 N–H and O–H groups in total. The second-order valence-electron chi connectivity index (χ2n) is 20.3. The van der Waals surface area contributed by atoms with Crippen LogP contribution in [0.2, 0.25) is 0 Å². The van der Waals surface area contributed by atoms with Crippen LogP contribution in [0.4, 0.5) is 17.1 Å². The molecular formula is C67H49N. The van der Waals surface area contributed by atoms with Gasteiger partial charge in [0.25, 0.3) is 0 Å². The molecule has 10 aromatic carbocycles. The maximum Gasteiger partial charge on any atom is 0.0726 e. The lowest BCUT2D eigenvalue weighted by molar-refractivity contribution is 0.660. The van der Waals surface area contributed by atoms with E-state index < -0.39 is 5.41 Å². The number of fused-ring (bicyclic) bond motifs is 16. The Morgan fingerprint density at radius 1 is 0.265 bits per heavy atom. The van der Waals surface area contributed by atoms with E-state index in [1.807, 2.05) is 0 Å². The van der Waals surface area contributed by atoms with E-state index in [0.29, 0.717) is 0 Å². The smallest absolute Gasteiger partial charge is 0.0726 e. The summed E-state index contributed by atoms with van der Waals surface area (Å²) in [7, 11) is 0. The van der Waals surface area contributed by atoms with Crippen molar-refractivity contribution in [2.75, 3.05) is 4.90 Å². The third kappa shape index (κ3) is 5.06. The summed E-state index contributed by atoms with van der Waals surface area (Å²) >= 11 is 0. The largest absolute Gasteiger partial charge is 0.309 e. The molecule has 0 amide bonds. The molecule has 0 saturated heterocycles. The molecular weight excluding hydrogens is 819 g/mol. The summed E-state index contributed by atoms with van der Waals surface area (Å²) in [4.78, 5) is 2.58. The van der Waals surface area contributed by atoms with E-state index in [9.17, 15) is 0 Å². The van der Waals surface area contributed by atoms with Gasteiger partial charge in [-0.2, -0.15) is 0 Å². The molecule has 0 saturated carbocycles. The summed E-state index contributed by atoms with van der Waals surface area (Å²) in [5, 5.41) is 0. The topological polar surface area (TPSA) is 3.24 Å². The van der Waals surface area contributed by atoms with E-state index in [1.54, 1.807) is 0 Å². The first-order valence-electron chi connectivity index (χ1n) is 24.2. The highest BCUT2D eigenvalue weighted by molar-refractivity contribution is 6.04. The Labute approximate surface area is 399 Å². The second-order valence-corrected chi connectivity index (χ2v) is 20.3. The molecule has 0 heterocycles. The molecule has 0 aromatic heterocycles. The van der Waals surface area contributed by atoms with Crippen molar-refractivity contribution >= 4 is 17.1 Å². The van der Waals surface area contributed by atoms with Crippen LogP contribution in [0, 0.1) is 0 Å². The fraction of sp³-hybridized carbons (Fsp3) is 0.104. The lowest BCUT2D eigenvalue weighted by atomic mass is 9.70. The SMILES string of the molecule is CC1(C)c2ccccc2-c2cc(-c3cccc(N(c4ccccc4-c4cccc5c4-c4ccccc4C5(C)C)c4cccc5c4-c4ccccc4C54c5ccccc5-c5ccccc54)c3)ccc21. The van der Waals surface area contributed by atoms with Gasteiger partial charge in [-0.15, -0.1) is 0 Å². The van der Waals surface area contributed by atoms with Gasteiger partial charge >= 0.3 is 0 Å². The highest BCUT2D eigenvalue weighted by Crippen LogP contribution is 2.65. The highest BCUT2D eigenvalue weighted by Gasteiger charge is 2.52. The standard InChI is InChI=1S/C67H49N/c1-65(2)53-29-11-5-24-47(53)52-41-43(38-39-55(52)65)42-20-17-21-44(40-42)68(61-36-16-10-25-48(61)49-28-18-34-59-63(49)50-26-8-12-30-54(50)66(59,3)4)62-37-19-35-60-64(62)51-27-9-15-33-58(51)67(60)56-31-13-6-22-45(56)46-23-7-14-32-57(46)67/h5-41H,1-4H3. The van der Waals surface area contributed by atoms with Gasteiger partial charge in [0, 0.05) is 27.6 Å². The van der Waals surface area contributed by atoms with Crippen molar-refractivity contribution in [2.24, 2.45) is 0 Å². The zero-order chi connectivity index (χ0) is 45.5. The van der Waals surface area contributed by atoms with Crippen LogP contribution in [0.1, 0.15) is 72.2 Å². The summed E-state index contributed by atoms with van der Waals surface area (Å²) in [6.07, 6.45) is 0. The van der Waals surface area contributed by atoms with Gasteiger partial charge in [0.2, 0.25) is 0 Å². The maximum absolute atomic E-state index is 2.58. The van der Waals surface area contributed by atoms with Gasteiger partial charge in [-0.1, -0.05) is 222 Å². The summed E-state index contributed by atoms with van der Waals surface area (Å²) in [6, 6.07) is 85.0. The number of hydrogen-bond acceptors (Lipinski definition) is 1. The predicted molar refractivity (Wildman–Crippen MR) is 283 cm³/mol. The molecule has 0 aliphatic heterocycles. The van der Waals surface area contributed by atoms with Crippen molar-refractivity contribution in [1.29, 1.82) is 0 Å². The number of para-hydroxylation sites is 1. The van der Waals surface area contributed by atoms with Gasteiger partial charge in [0.1, 0.15) is 0 Å². The second kappa shape index (κ2) is 14.0. The molecule has 1 nitrogen and oxygen atoms in total. The van der Waals surface area contributed by atoms with E-state index in [1.165, 1.54) is 111 Å². The molecule has 1 spiro atoms. The molecule has 0 unspecified atom stereocenters. The Kier molecular flexibility index (Phi) is 8.08. The van der Waals surface area contributed by atoms with Crippen LogP contribution < -0.4 is 4.90 Å². The van der Waals surface area contributed by atoms with Gasteiger partial charge in [0.15, 0.2) is 0 Å². The van der Waals surface area contributed by atoms with Gasteiger partial charge in [-0.05, 0) is 130 Å². The molecule has 4 aliphatic rings. The Bertz CT molecular complexity index is 3720. The van der Waals surface area contributed by atoms with Crippen molar-refractivity contribution in [3.63, 3.8) is 0 Å². The molecule has 1 heteroatoms. The van der Waals surface area contributed by atoms with Crippen molar-refractivity contribution < 1.29 is 0 Å². The van der Waals surface area contributed by atoms with Gasteiger partial charge in [-0.3, -0.25) is 0 Å². The molecule has 0 fully saturated rings. The van der Waals surface area contributed by atoms with Crippen LogP contribution in [-0.2, 0) is 16.2 Å². The third-order valence-electron chi connectivity index (χ3n) is 16.3. The number of rotatable bonds is 5. The van der Waals surface area contributed by atoms with Crippen LogP contribution in [0.3, 0.4) is 0 Å². The van der Waals surface area contributed by atoms with Crippen LogP contribution in [0.15, 0.2) is 224 Å². The summed E-state index contributed by atoms with van der Waals surface area (Å²) in [5.41, 5.74) is 29.0. The zero-order valence-corrected chi connectivity index (χ0v) is 38.8. The van der Waals surface area contributed by atoms with Gasteiger partial charge < -0.3 is 4.90 Å². The van der Waals surface area contributed by atoms with Crippen molar-refractivity contribution in [1.82, 2.24) is 0 Å². The lowest BCUT2D eigenvalue weighted by Gasteiger charge is -2.32. The average molecular weight is 868 g/mol. The first-order valence-corrected chi connectivity index (χ1v) is 24.2. The Balaban J connectivity index is 1.04. The summed E-state index contributed by atoms with van der Waals surface area (Å²) < 4.78 is 0.